The molecule has 2 rings (SSSR count). The minimum Gasteiger partial charge on any atom is -0.504 e. The lowest BCUT2D eigenvalue weighted by Crippen LogP contribution is -2.19. The number of benzene rings is 2. The van der Waals surface area contributed by atoms with Crippen LogP contribution in [0.1, 0.15) is 29.8 Å². The Morgan fingerprint density at radius 1 is 1.17 bits per heavy atom. The third-order valence-corrected chi connectivity index (χ3v) is 3.11. The Morgan fingerprint density at radius 2 is 1.88 bits per heavy atom. The van der Waals surface area contributed by atoms with Gasteiger partial charge in [-0.25, -0.2) is 5.43 Å². The molecule has 24 heavy (non-hydrogen) atoms. The predicted molar refractivity (Wildman–Crippen MR) is 91.9 cm³/mol. The number of phenols is 1. The van der Waals surface area contributed by atoms with E-state index in [0.717, 1.165) is 0 Å². The van der Waals surface area contributed by atoms with Gasteiger partial charge in [0.1, 0.15) is 5.75 Å². The number of amides is 1. The van der Waals surface area contributed by atoms with Crippen molar-refractivity contribution in [3.63, 3.8) is 0 Å². The van der Waals surface area contributed by atoms with Crippen molar-refractivity contribution in [2.75, 3.05) is 7.11 Å². The highest BCUT2D eigenvalue weighted by Crippen LogP contribution is 2.28. The van der Waals surface area contributed by atoms with Gasteiger partial charge < -0.3 is 14.6 Å². The van der Waals surface area contributed by atoms with Crippen LogP contribution in [-0.4, -0.2) is 30.4 Å². The largest absolute Gasteiger partial charge is 0.504 e. The second-order valence-corrected chi connectivity index (χ2v) is 5.26. The highest BCUT2D eigenvalue weighted by molar-refractivity contribution is 5.97. The summed E-state index contributed by atoms with van der Waals surface area (Å²) in [6, 6.07) is 11.9. The number of nitrogens with one attached hydrogen (secondary N) is 1. The second-order valence-electron chi connectivity index (χ2n) is 5.26. The van der Waals surface area contributed by atoms with Gasteiger partial charge >= 0.3 is 0 Å². The zero-order valence-corrected chi connectivity index (χ0v) is 13.8. The summed E-state index contributed by atoms with van der Waals surface area (Å²) in [7, 11) is 1.46. The number of aromatic hydroxyl groups is 1. The molecule has 6 nitrogen and oxygen atoms in total. The lowest BCUT2D eigenvalue weighted by molar-refractivity contribution is 0.0949. The van der Waals surface area contributed by atoms with E-state index in [-0.39, 0.29) is 11.9 Å². The van der Waals surface area contributed by atoms with Gasteiger partial charge in [-0.15, -0.1) is 0 Å². The number of rotatable bonds is 6. The van der Waals surface area contributed by atoms with Crippen molar-refractivity contribution in [1.29, 1.82) is 0 Å². The highest BCUT2D eigenvalue weighted by atomic mass is 16.5. The first-order valence-electron chi connectivity index (χ1n) is 7.48. The third-order valence-electron chi connectivity index (χ3n) is 3.11. The van der Waals surface area contributed by atoms with Crippen LogP contribution in [0.5, 0.6) is 17.2 Å². The molecule has 0 aromatic heterocycles. The summed E-state index contributed by atoms with van der Waals surface area (Å²) >= 11 is 0. The summed E-state index contributed by atoms with van der Waals surface area (Å²) in [5.41, 5.74) is 3.24. The highest BCUT2D eigenvalue weighted by Gasteiger charge is 2.12. The Balaban J connectivity index is 2.11. The SMILES string of the molecule is COc1cccc(/C=N\NC(=O)c2ccccc2OC(C)C)c1O. The van der Waals surface area contributed by atoms with Gasteiger partial charge in [0, 0.05) is 5.56 Å². The van der Waals surface area contributed by atoms with E-state index < -0.39 is 5.91 Å². The monoisotopic (exact) mass is 328 g/mol. The van der Waals surface area contributed by atoms with Crippen LogP contribution in [0.2, 0.25) is 0 Å². The maximum atomic E-state index is 12.3. The molecule has 126 valence electrons. The number of hydrogen-bond donors (Lipinski definition) is 2. The number of carbonyl (C=O) groups excluding carboxylic acids is 1. The second kappa shape index (κ2) is 8.01. The lowest BCUT2D eigenvalue weighted by atomic mass is 10.2. The number of para-hydroxylation sites is 2. The van der Waals surface area contributed by atoms with Crippen molar-refractivity contribution >= 4 is 12.1 Å². The van der Waals surface area contributed by atoms with Crippen LogP contribution in [0.4, 0.5) is 0 Å². The van der Waals surface area contributed by atoms with Gasteiger partial charge in [0.05, 0.1) is 25.0 Å². The predicted octanol–water partition coefficient (Wildman–Crippen LogP) is 2.95. The van der Waals surface area contributed by atoms with E-state index >= 15 is 0 Å². The quantitative estimate of drug-likeness (QED) is 0.631. The van der Waals surface area contributed by atoms with Crippen LogP contribution < -0.4 is 14.9 Å². The summed E-state index contributed by atoms with van der Waals surface area (Å²) in [6.07, 6.45) is 1.30. The zero-order chi connectivity index (χ0) is 17.5. The van der Waals surface area contributed by atoms with E-state index in [1.165, 1.54) is 13.3 Å². The average molecular weight is 328 g/mol. The smallest absolute Gasteiger partial charge is 0.275 e. The first-order valence-corrected chi connectivity index (χ1v) is 7.48. The molecular formula is C18H20N2O4. The summed E-state index contributed by atoms with van der Waals surface area (Å²) < 4.78 is 10.6. The van der Waals surface area contributed by atoms with Gasteiger partial charge in [-0.3, -0.25) is 4.79 Å². The fourth-order valence-corrected chi connectivity index (χ4v) is 2.04. The standard InChI is InChI=1S/C18H20N2O4/c1-12(2)24-15-9-5-4-8-14(15)18(22)20-19-11-13-7-6-10-16(23-3)17(13)21/h4-12,21H,1-3H3,(H,20,22)/b19-11-. The minimum atomic E-state index is -0.398. The number of nitrogens with zero attached hydrogens (tertiary/aromatic N) is 1. The van der Waals surface area contributed by atoms with Crippen LogP contribution in [0, 0.1) is 0 Å². The summed E-state index contributed by atoms with van der Waals surface area (Å²) in [5, 5.41) is 13.8. The average Bonchev–Trinajstić information content (AvgIpc) is 2.56. The van der Waals surface area contributed by atoms with Crippen LogP contribution in [0.15, 0.2) is 47.6 Å². The molecule has 0 radical (unpaired) electrons. The number of hydrogen-bond acceptors (Lipinski definition) is 5. The Morgan fingerprint density at radius 3 is 2.58 bits per heavy atom. The molecule has 6 heteroatoms. The zero-order valence-electron chi connectivity index (χ0n) is 13.8. The Bertz CT molecular complexity index is 742. The van der Waals surface area contributed by atoms with Gasteiger partial charge in [0.25, 0.3) is 5.91 Å². The topological polar surface area (TPSA) is 80.2 Å². The molecule has 1 amide bonds. The molecule has 0 saturated carbocycles. The van der Waals surface area contributed by atoms with Crippen LogP contribution in [0.25, 0.3) is 0 Å². The molecule has 0 spiro atoms. The maximum Gasteiger partial charge on any atom is 0.275 e. The molecule has 2 N–H and O–H groups in total. The van der Waals surface area contributed by atoms with Crippen molar-refractivity contribution in [2.45, 2.75) is 20.0 Å². The molecule has 2 aromatic rings. The first-order chi connectivity index (χ1) is 11.5. The lowest BCUT2D eigenvalue weighted by Gasteiger charge is -2.12. The number of methoxy groups -OCH3 is 1. The molecule has 0 fully saturated rings. The molecule has 0 unspecified atom stereocenters. The fourth-order valence-electron chi connectivity index (χ4n) is 2.04. The van der Waals surface area contributed by atoms with Gasteiger partial charge in [-0.1, -0.05) is 18.2 Å². The number of carbonyl (C=O) groups is 1. The van der Waals surface area contributed by atoms with E-state index in [9.17, 15) is 9.90 Å². The van der Waals surface area contributed by atoms with Gasteiger partial charge in [-0.2, -0.15) is 5.10 Å². The molecule has 0 heterocycles. The van der Waals surface area contributed by atoms with Crippen LogP contribution >= 0.6 is 0 Å². The molecule has 0 aliphatic rings. The summed E-state index contributed by atoms with van der Waals surface area (Å²) in [4.78, 5) is 12.3. The molecule has 0 atom stereocenters. The summed E-state index contributed by atoms with van der Waals surface area (Å²) in [6.45, 7) is 3.77. The van der Waals surface area contributed by atoms with Crippen LogP contribution in [0.3, 0.4) is 0 Å². The maximum absolute atomic E-state index is 12.3. The minimum absolute atomic E-state index is 0.0402. The van der Waals surface area contributed by atoms with Crippen molar-refractivity contribution in [1.82, 2.24) is 5.43 Å². The van der Waals surface area contributed by atoms with E-state index in [1.807, 2.05) is 13.8 Å². The summed E-state index contributed by atoms with van der Waals surface area (Å²) in [5.74, 6) is 0.386. The van der Waals surface area contributed by atoms with E-state index in [4.69, 9.17) is 9.47 Å². The Kier molecular flexibility index (Phi) is 5.78. The molecule has 0 aliphatic heterocycles. The van der Waals surface area contributed by atoms with Crippen LogP contribution in [-0.2, 0) is 0 Å². The normalized spacial score (nSPS) is 10.8. The molecule has 0 bridgehead atoms. The number of phenolic OH excluding ortho intramolecular Hbond substituents is 1. The van der Waals surface area contributed by atoms with Gasteiger partial charge in [0.2, 0.25) is 0 Å². The first kappa shape index (κ1) is 17.3. The fraction of sp³-hybridized carbons (Fsp3) is 0.222. The van der Waals surface area contributed by atoms with Crippen molar-refractivity contribution in [3.05, 3.63) is 53.6 Å². The molecule has 2 aromatic carbocycles. The molecule has 0 saturated heterocycles. The molecular weight excluding hydrogens is 308 g/mol. The Labute approximate surface area is 140 Å². The van der Waals surface area contributed by atoms with E-state index in [1.54, 1.807) is 42.5 Å². The van der Waals surface area contributed by atoms with Gasteiger partial charge in [-0.05, 0) is 38.1 Å². The number of ether oxygens (including phenoxy) is 2. The Hall–Kier alpha value is -3.02. The van der Waals surface area contributed by atoms with Crippen molar-refractivity contribution in [3.8, 4) is 17.2 Å². The van der Waals surface area contributed by atoms with E-state index in [0.29, 0.717) is 22.6 Å². The van der Waals surface area contributed by atoms with Crippen molar-refractivity contribution in [2.24, 2.45) is 5.10 Å². The third kappa shape index (κ3) is 4.25. The van der Waals surface area contributed by atoms with Gasteiger partial charge in [0.15, 0.2) is 11.5 Å². The molecule has 0 aliphatic carbocycles. The van der Waals surface area contributed by atoms with Crippen molar-refractivity contribution < 1.29 is 19.4 Å². The van der Waals surface area contributed by atoms with E-state index in [2.05, 4.69) is 10.5 Å². The number of hydrazone groups is 1.